The van der Waals surface area contributed by atoms with Crippen LogP contribution in [0.3, 0.4) is 0 Å². The third-order valence-corrected chi connectivity index (χ3v) is 6.11. The summed E-state index contributed by atoms with van der Waals surface area (Å²) in [6.45, 7) is 6.97. The zero-order valence-corrected chi connectivity index (χ0v) is 19.1. The Morgan fingerprint density at radius 2 is 1.84 bits per heavy atom. The molecular formula is C23H24N2O6S. The van der Waals surface area contributed by atoms with Crippen LogP contribution in [0.4, 0.5) is 4.79 Å². The summed E-state index contributed by atoms with van der Waals surface area (Å²) in [5.74, 6) is -2.15. The molecule has 0 bridgehead atoms. The Kier molecular flexibility index (Phi) is 6.88. The Morgan fingerprint density at radius 1 is 1.19 bits per heavy atom. The van der Waals surface area contributed by atoms with Crippen LogP contribution in [0.15, 0.2) is 35.2 Å². The number of amides is 2. The molecule has 168 valence electrons. The van der Waals surface area contributed by atoms with E-state index in [2.05, 4.69) is 0 Å². The Bertz CT molecular complexity index is 1120. The van der Waals surface area contributed by atoms with Crippen molar-refractivity contribution in [2.45, 2.75) is 40.2 Å². The Hall–Kier alpha value is -3.33. The lowest BCUT2D eigenvalue weighted by Gasteiger charge is -2.14. The quantitative estimate of drug-likeness (QED) is 0.492. The highest BCUT2D eigenvalue weighted by Crippen LogP contribution is 2.33. The minimum atomic E-state index is -0.998. The van der Waals surface area contributed by atoms with E-state index in [-0.39, 0.29) is 16.6 Å². The molecule has 0 spiro atoms. The molecule has 0 unspecified atom stereocenters. The van der Waals surface area contributed by atoms with E-state index in [1.54, 1.807) is 25.1 Å². The molecule has 1 aromatic heterocycles. The van der Waals surface area contributed by atoms with Gasteiger partial charge in [0.15, 0.2) is 0 Å². The zero-order valence-electron chi connectivity index (χ0n) is 18.2. The van der Waals surface area contributed by atoms with Crippen LogP contribution in [0.25, 0.3) is 11.8 Å². The molecule has 1 atom stereocenters. The van der Waals surface area contributed by atoms with Gasteiger partial charge in [0.05, 0.1) is 16.6 Å². The number of aryl methyl sites for hydroxylation is 1. The van der Waals surface area contributed by atoms with Gasteiger partial charge < -0.3 is 14.4 Å². The van der Waals surface area contributed by atoms with Crippen molar-refractivity contribution < 1.29 is 29.0 Å². The third-order valence-electron chi connectivity index (χ3n) is 5.20. The number of nitrogens with zero attached hydrogens (tertiary/aromatic N) is 2. The summed E-state index contributed by atoms with van der Waals surface area (Å²) >= 11 is 0.784. The normalized spacial score (nSPS) is 16.0. The van der Waals surface area contributed by atoms with Crippen molar-refractivity contribution in [3.8, 4) is 5.69 Å². The fourth-order valence-corrected chi connectivity index (χ4v) is 4.16. The first-order chi connectivity index (χ1) is 15.1. The number of thioether (sulfide) groups is 1. The van der Waals surface area contributed by atoms with Gasteiger partial charge in [0.25, 0.3) is 11.1 Å². The van der Waals surface area contributed by atoms with Gasteiger partial charge in [0.2, 0.25) is 0 Å². The smallest absolute Gasteiger partial charge is 0.335 e. The molecule has 0 radical (unpaired) electrons. The number of benzene rings is 1. The second kappa shape index (κ2) is 9.44. The number of carbonyl (C=O) groups is 4. The average Bonchev–Trinajstić information content (AvgIpc) is 3.17. The lowest BCUT2D eigenvalue weighted by Crippen LogP contribution is -2.35. The number of carbonyl (C=O) groups excluding carboxylic acids is 3. The van der Waals surface area contributed by atoms with Gasteiger partial charge in [-0.1, -0.05) is 6.92 Å². The number of aromatic carboxylic acids is 1. The van der Waals surface area contributed by atoms with E-state index >= 15 is 0 Å². The highest BCUT2D eigenvalue weighted by Gasteiger charge is 2.37. The van der Waals surface area contributed by atoms with Gasteiger partial charge in [-0.15, -0.1) is 0 Å². The van der Waals surface area contributed by atoms with Crippen LogP contribution < -0.4 is 0 Å². The van der Waals surface area contributed by atoms with Gasteiger partial charge in [-0.3, -0.25) is 19.3 Å². The fourth-order valence-electron chi connectivity index (χ4n) is 3.34. The molecule has 1 saturated heterocycles. The Morgan fingerprint density at radius 3 is 2.44 bits per heavy atom. The molecule has 8 nitrogen and oxygen atoms in total. The summed E-state index contributed by atoms with van der Waals surface area (Å²) in [5.41, 5.74) is 3.43. The number of esters is 1. The van der Waals surface area contributed by atoms with Crippen molar-refractivity contribution >= 4 is 40.9 Å². The van der Waals surface area contributed by atoms with E-state index in [1.165, 1.54) is 12.1 Å². The summed E-state index contributed by atoms with van der Waals surface area (Å²) in [4.78, 5) is 49.3. The third kappa shape index (κ3) is 4.77. The second-order valence-corrected chi connectivity index (χ2v) is 8.48. The number of hydrogen-bond donors (Lipinski definition) is 1. The minimum Gasteiger partial charge on any atom is -0.478 e. The second-order valence-electron chi connectivity index (χ2n) is 7.49. The molecule has 1 aromatic carbocycles. The molecular weight excluding hydrogens is 432 g/mol. The molecule has 1 aliphatic rings. The zero-order chi connectivity index (χ0) is 23.6. The van der Waals surface area contributed by atoms with Gasteiger partial charge >= 0.3 is 11.9 Å². The topological polar surface area (TPSA) is 106 Å². The van der Waals surface area contributed by atoms with Crippen molar-refractivity contribution in [2.75, 3.05) is 6.54 Å². The van der Waals surface area contributed by atoms with Gasteiger partial charge in [0.1, 0.15) is 6.54 Å². The maximum Gasteiger partial charge on any atom is 0.335 e. The monoisotopic (exact) mass is 456 g/mol. The van der Waals surface area contributed by atoms with Crippen molar-refractivity contribution in [3.05, 3.63) is 57.8 Å². The molecule has 2 amide bonds. The maximum absolute atomic E-state index is 12.7. The van der Waals surface area contributed by atoms with E-state index in [4.69, 9.17) is 9.84 Å². The first-order valence-corrected chi connectivity index (χ1v) is 10.9. The van der Waals surface area contributed by atoms with Gasteiger partial charge in [-0.2, -0.15) is 0 Å². The summed E-state index contributed by atoms with van der Waals surface area (Å²) in [7, 11) is 0. The number of imide groups is 1. The number of aromatic nitrogens is 1. The number of ether oxygens (including phenoxy) is 1. The summed E-state index contributed by atoms with van der Waals surface area (Å²) in [6.07, 6.45) is 1.99. The van der Waals surface area contributed by atoms with Crippen LogP contribution in [-0.2, 0) is 14.3 Å². The van der Waals surface area contributed by atoms with Crippen LogP contribution >= 0.6 is 11.8 Å². The van der Waals surface area contributed by atoms with Crippen LogP contribution in [0.1, 0.15) is 47.6 Å². The first-order valence-electron chi connectivity index (χ1n) is 10.1. The molecule has 1 aliphatic heterocycles. The summed E-state index contributed by atoms with van der Waals surface area (Å²) in [6, 6.07) is 8.36. The van der Waals surface area contributed by atoms with Crippen LogP contribution in [0, 0.1) is 13.8 Å². The van der Waals surface area contributed by atoms with E-state index < -0.39 is 29.6 Å². The van der Waals surface area contributed by atoms with Crippen LogP contribution in [0.2, 0.25) is 0 Å². The lowest BCUT2D eigenvalue weighted by atomic mass is 10.2. The standard InChI is InChI=1S/C23H24N2O6S/c1-5-14(3)31-20(26)12-24-21(27)19(32-23(24)30)11-17-10-13(2)25(15(17)4)18-8-6-16(7-9-18)22(28)29/h6-11,14H,5,12H2,1-4H3,(H,28,29)/b19-11+/t14-/m1/s1. The van der Waals surface area contributed by atoms with Gasteiger partial charge in [-0.25, -0.2) is 4.79 Å². The molecule has 32 heavy (non-hydrogen) atoms. The SMILES string of the molecule is CC[C@@H](C)OC(=O)CN1C(=O)S/C(=C/c2cc(C)n(-c3ccc(C(=O)O)cc3)c2C)C1=O. The summed E-state index contributed by atoms with van der Waals surface area (Å²) in [5, 5.41) is 8.57. The fraction of sp³-hybridized carbons (Fsp3) is 0.304. The Balaban J connectivity index is 1.84. The van der Waals surface area contributed by atoms with Crippen molar-refractivity contribution in [1.29, 1.82) is 0 Å². The Labute approximate surface area is 189 Å². The van der Waals surface area contributed by atoms with E-state index in [1.807, 2.05) is 31.4 Å². The van der Waals surface area contributed by atoms with Crippen molar-refractivity contribution in [2.24, 2.45) is 0 Å². The molecule has 9 heteroatoms. The van der Waals surface area contributed by atoms with Crippen molar-refractivity contribution in [1.82, 2.24) is 9.47 Å². The molecule has 2 heterocycles. The summed E-state index contributed by atoms with van der Waals surface area (Å²) < 4.78 is 7.10. The predicted molar refractivity (Wildman–Crippen MR) is 121 cm³/mol. The molecule has 1 fully saturated rings. The average molecular weight is 457 g/mol. The maximum atomic E-state index is 12.7. The molecule has 3 rings (SSSR count). The van der Waals surface area contributed by atoms with Gasteiger partial charge in [-0.05, 0) is 80.9 Å². The molecule has 1 N–H and O–H groups in total. The van der Waals surface area contributed by atoms with Gasteiger partial charge in [0, 0.05) is 17.1 Å². The molecule has 2 aromatic rings. The number of carboxylic acids is 1. The van der Waals surface area contributed by atoms with E-state index in [0.29, 0.717) is 6.42 Å². The van der Waals surface area contributed by atoms with E-state index in [9.17, 15) is 19.2 Å². The lowest BCUT2D eigenvalue weighted by molar-refractivity contribution is -0.150. The van der Waals surface area contributed by atoms with Crippen molar-refractivity contribution in [3.63, 3.8) is 0 Å². The van der Waals surface area contributed by atoms with Crippen LogP contribution in [-0.4, -0.2) is 50.3 Å². The highest BCUT2D eigenvalue weighted by atomic mass is 32.2. The number of carboxylic acid groups (broad SMARTS) is 1. The largest absolute Gasteiger partial charge is 0.478 e. The first kappa shape index (κ1) is 23.3. The van der Waals surface area contributed by atoms with E-state index in [0.717, 1.165) is 39.3 Å². The predicted octanol–water partition coefficient (Wildman–Crippen LogP) is 4.17. The number of rotatable bonds is 7. The molecule has 0 aliphatic carbocycles. The molecule has 0 saturated carbocycles. The van der Waals surface area contributed by atoms with Crippen LogP contribution in [0.5, 0.6) is 0 Å². The highest BCUT2D eigenvalue weighted by molar-refractivity contribution is 8.18. The number of hydrogen-bond acceptors (Lipinski definition) is 6. The minimum absolute atomic E-state index is 0.192.